The lowest BCUT2D eigenvalue weighted by Crippen LogP contribution is -2.62. The molecule has 1 aromatic rings. The Bertz CT molecular complexity index is 686. The maximum Gasteiger partial charge on any atom is 0.338 e. The summed E-state index contributed by atoms with van der Waals surface area (Å²) in [5, 5.41) is 10.9. The molecule has 0 radical (unpaired) electrons. The molecule has 1 aliphatic carbocycles. The quantitative estimate of drug-likeness (QED) is 0.799. The summed E-state index contributed by atoms with van der Waals surface area (Å²) < 4.78 is 29.4. The Kier molecular flexibility index (Phi) is 4.13. The van der Waals surface area contributed by atoms with Crippen LogP contribution in [0, 0.1) is 0 Å². The van der Waals surface area contributed by atoms with Crippen LogP contribution in [0.2, 0.25) is 0 Å². The average molecular weight is 364 g/mol. The van der Waals surface area contributed by atoms with Crippen LogP contribution in [0.1, 0.15) is 38.1 Å². The van der Waals surface area contributed by atoms with Crippen molar-refractivity contribution in [3.05, 3.63) is 35.9 Å². The van der Waals surface area contributed by atoms with Gasteiger partial charge in [0.15, 0.2) is 17.7 Å². The zero-order chi connectivity index (χ0) is 18.7. The molecule has 0 bridgehead atoms. The molecule has 3 fully saturated rings. The summed E-state index contributed by atoms with van der Waals surface area (Å²) in [6.07, 6.45) is -4.34. The van der Waals surface area contributed by atoms with E-state index in [2.05, 4.69) is 0 Å². The number of benzene rings is 1. The molecule has 7 heteroatoms. The van der Waals surface area contributed by atoms with Crippen LogP contribution < -0.4 is 0 Å². The summed E-state index contributed by atoms with van der Waals surface area (Å²) in [4.78, 5) is 12.5. The van der Waals surface area contributed by atoms with Crippen molar-refractivity contribution in [2.75, 3.05) is 0 Å². The number of aliphatic hydroxyl groups is 1. The molecular formula is C19H24O7. The van der Waals surface area contributed by atoms with Gasteiger partial charge in [-0.2, -0.15) is 0 Å². The predicted octanol–water partition coefficient (Wildman–Crippen LogP) is 1.63. The molecule has 2 saturated heterocycles. The summed E-state index contributed by atoms with van der Waals surface area (Å²) in [6, 6.07) is 8.64. The molecule has 0 spiro atoms. The zero-order valence-electron chi connectivity index (χ0n) is 15.2. The molecule has 0 unspecified atom stereocenters. The molecule has 7 nitrogen and oxygen atoms in total. The second-order valence-electron chi connectivity index (χ2n) is 7.86. The van der Waals surface area contributed by atoms with E-state index in [-0.39, 0.29) is 0 Å². The van der Waals surface area contributed by atoms with E-state index in [1.807, 2.05) is 6.07 Å². The lowest BCUT2D eigenvalue weighted by molar-refractivity contribution is -0.185. The first-order valence-corrected chi connectivity index (χ1v) is 8.82. The van der Waals surface area contributed by atoms with E-state index < -0.39 is 54.2 Å². The maximum atomic E-state index is 12.5. The second-order valence-corrected chi connectivity index (χ2v) is 7.86. The van der Waals surface area contributed by atoms with Crippen LogP contribution in [-0.2, 0) is 23.7 Å². The first-order valence-electron chi connectivity index (χ1n) is 8.82. The van der Waals surface area contributed by atoms with Gasteiger partial charge in [0, 0.05) is 0 Å². The summed E-state index contributed by atoms with van der Waals surface area (Å²) >= 11 is 0. The third-order valence-corrected chi connectivity index (χ3v) is 4.90. The smallest absolute Gasteiger partial charge is 0.338 e. The number of fused-ring (bicyclic) bond motifs is 3. The lowest BCUT2D eigenvalue weighted by atomic mass is 9.85. The molecule has 26 heavy (non-hydrogen) atoms. The molecule has 2 aliphatic heterocycles. The van der Waals surface area contributed by atoms with Crippen LogP contribution in [0.4, 0.5) is 0 Å². The Morgan fingerprint density at radius 2 is 1.38 bits per heavy atom. The molecular weight excluding hydrogens is 340 g/mol. The molecule has 1 aromatic carbocycles. The van der Waals surface area contributed by atoms with Crippen molar-refractivity contribution in [1.82, 2.24) is 0 Å². The average Bonchev–Trinajstić information content (AvgIpc) is 3.07. The van der Waals surface area contributed by atoms with Crippen LogP contribution in [0.15, 0.2) is 30.3 Å². The van der Waals surface area contributed by atoms with Crippen LogP contribution in [0.25, 0.3) is 0 Å². The topological polar surface area (TPSA) is 83.5 Å². The summed E-state index contributed by atoms with van der Waals surface area (Å²) in [5.41, 5.74) is 0.403. The highest BCUT2D eigenvalue weighted by molar-refractivity contribution is 5.89. The molecule has 142 valence electrons. The SMILES string of the molecule is CC1(C)O[C@@H]2[C@H](O1)[C@H](OC(=O)c1ccccc1)[C@@H](O)[C@@H]1OC(C)(C)O[C@@H]21. The van der Waals surface area contributed by atoms with Gasteiger partial charge in [-0.05, 0) is 39.8 Å². The molecule has 4 rings (SSSR count). The monoisotopic (exact) mass is 364 g/mol. The minimum Gasteiger partial charge on any atom is -0.453 e. The van der Waals surface area contributed by atoms with Crippen molar-refractivity contribution >= 4 is 5.97 Å². The zero-order valence-corrected chi connectivity index (χ0v) is 15.2. The fourth-order valence-electron chi connectivity index (χ4n) is 3.94. The first kappa shape index (κ1) is 17.9. The predicted molar refractivity (Wildman–Crippen MR) is 89.3 cm³/mol. The molecule has 6 atom stereocenters. The highest BCUT2D eigenvalue weighted by Gasteiger charge is 2.64. The Morgan fingerprint density at radius 1 is 0.885 bits per heavy atom. The van der Waals surface area contributed by atoms with Crippen molar-refractivity contribution in [2.45, 2.75) is 75.9 Å². The summed E-state index contributed by atoms with van der Waals surface area (Å²) in [6.45, 7) is 7.12. The molecule has 0 aromatic heterocycles. The fourth-order valence-corrected chi connectivity index (χ4v) is 3.94. The second kappa shape index (κ2) is 6.00. The third-order valence-electron chi connectivity index (χ3n) is 4.90. The fraction of sp³-hybridized carbons (Fsp3) is 0.632. The van der Waals surface area contributed by atoms with Gasteiger partial charge in [0.05, 0.1) is 5.56 Å². The molecule has 0 amide bonds. The third kappa shape index (κ3) is 3.04. The van der Waals surface area contributed by atoms with Gasteiger partial charge in [-0.1, -0.05) is 18.2 Å². The molecule has 3 aliphatic rings. The minimum absolute atomic E-state index is 0.403. The van der Waals surface area contributed by atoms with E-state index in [0.29, 0.717) is 5.56 Å². The van der Waals surface area contributed by atoms with Crippen LogP contribution in [0.5, 0.6) is 0 Å². The summed E-state index contributed by atoms with van der Waals surface area (Å²) in [5.74, 6) is -2.27. The van der Waals surface area contributed by atoms with Crippen molar-refractivity contribution in [3.63, 3.8) is 0 Å². The van der Waals surface area contributed by atoms with Crippen LogP contribution >= 0.6 is 0 Å². The lowest BCUT2D eigenvalue weighted by Gasteiger charge is -2.40. The van der Waals surface area contributed by atoms with Gasteiger partial charge in [0.25, 0.3) is 0 Å². The van der Waals surface area contributed by atoms with Crippen molar-refractivity contribution in [2.24, 2.45) is 0 Å². The number of carbonyl (C=O) groups is 1. The van der Waals surface area contributed by atoms with Gasteiger partial charge in [-0.25, -0.2) is 4.79 Å². The van der Waals surface area contributed by atoms with E-state index in [1.54, 1.807) is 52.0 Å². The van der Waals surface area contributed by atoms with E-state index >= 15 is 0 Å². The number of esters is 1. The van der Waals surface area contributed by atoms with Gasteiger partial charge in [0.1, 0.15) is 30.5 Å². The number of aliphatic hydroxyl groups excluding tert-OH is 1. The Labute approximate surface area is 152 Å². The van der Waals surface area contributed by atoms with Crippen molar-refractivity contribution in [3.8, 4) is 0 Å². The number of ether oxygens (including phenoxy) is 5. The number of hydrogen-bond acceptors (Lipinski definition) is 7. The Balaban J connectivity index is 1.62. The highest BCUT2D eigenvalue weighted by Crippen LogP contribution is 2.45. The highest BCUT2D eigenvalue weighted by atomic mass is 16.8. The number of rotatable bonds is 2. The van der Waals surface area contributed by atoms with Gasteiger partial charge in [0.2, 0.25) is 0 Å². The van der Waals surface area contributed by atoms with E-state index in [4.69, 9.17) is 23.7 Å². The van der Waals surface area contributed by atoms with Crippen LogP contribution in [0.3, 0.4) is 0 Å². The Hall–Kier alpha value is -1.51. The number of carbonyl (C=O) groups excluding carboxylic acids is 1. The largest absolute Gasteiger partial charge is 0.453 e. The van der Waals surface area contributed by atoms with Crippen molar-refractivity contribution in [1.29, 1.82) is 0 Å². The summed E-state index contributed by atoms with van der Waals surface area (Å²) in [7, 11) is 0. The number of hydrogen-bond donors (Lipinski definition) is 1. The molecule has 1 N–H and O–H groups in total. The van der Waals surface area contributed by atoms with Crippen LogP contribution in [-0.4, -0.2) is 59.3 Å². The van der Waals surface area contributed by atoms with Gasteiger partial charge < -0.3 is 28.8 Å². The van der Waals surface area contributed by atoms with Gasteiger partial charge in [-0.15, -0.1) is 0 Å². The normalized spacial score (nSPS) is 39.9. The standard InChI is InChI=1S/C19H24O7/c1-18(2)23-13-11(20)12(22-17(21)10-8-6-5-7-9-10)14-16(15(13)25-18)26-19(3,4)24-14/h5-9,11-16,20H,1-4H3/t11-,12-,13+,14-,15-,16-/m1/s1. The molecule has 2 heterocycles. The minimum atomic E-state index is -1.09. The molecule has 1 saturated carbocycles. The van der Waals surface area contributed by atoms with Crippen molar-refractivity contribution < 1.29 is 33.6 Å². The van der Waals surface area contributed by atoms with E-state index in [1.165, 1.54) is 0 Å². The van der Waals surface area contributed by atoms with Gasteiger partial charge >= 0.3 is 5.97 Å². The maximum absolute atomic E-state index is 12.5. The first-order chi connectivity index (χ1) is 12.2. The van der Waals surface area contributed by atoms with E-state index in [9.17, 15) is 9.90 Å². The van der Waals surface area contributed by atoms with E-state index in [0.717, 1.165) is 0 Å². The van der Waals surface area contributed by atoms with Gasteiger partial charge in [-0.3, -0.25) is 0 Å². The Morgan fingerprint density at radius 3 is 2.00 bits per heavy atom.